The summed E-state index contributed by atoms with van der Waals surface area (Å²) < 4.78 is 0. The fraction of sp³-hybridized carbons (Fsp3) is 0.647. The number of para-hydroxylation sites is 1. The molecule has 1 unspecified atom stereocenters. The molecule has 0 spiro atoms. The number of hydrogen-bond acceptors (Lipinski definition) is 2. The standard InChI is InChI=1S/C17H26N2/c1-3-8-15(9-4-1)18-16-10-7-13-19(14-16)17-11-5-2-6-12-17/h2,5-6,11-12,15-16,18H,1,3-4,7-10,13-14H2. The fourth-order valence-electron chi connectivity index (χ4n) is 3.59. The normalized spacial score (nSPS) is 25.5. The van der Waals surface area contributed by atoms with Crippen molar-refractivity contribution in [1.82, 2.24) is 5.32 Å². The smallest absolute Gasteiger partial charge is 0.0366 e. The summed E-state index contributed by atoms with van der Waals surface area (Å²) in [5, 5.41) is 3.92. The van der Waals surface area contributed by atoms with E-state index in [0.717, 1.165) is 6.04 Å². The summed E-state index contributed by atoms with van der Waals surface area (Å²) in [6, 6.07) is 12.4. The maximum Gasteiger partial charge on any atom is 0.0366 e. The molecule has 1 saturated heterocycles. The molecular weight excluding hydrogens is 232 g/mol. The van der Waals surface area contributed by atoms with Gasteiger partial charge < -0.3 is 10.2 Å². The molecule has 19 heavy (non-hydrogen) atoms. The summed E-state index contributed by atoms with van der Waals surface area (Å²) in [4.78, 5) is 2.55. The minimum atomic E-state index is 0.692. The molecule has 1 N–H and O–H groups in total. The van der Waals surface area contributed by atoms with E-state index in [-0.39, 0.29) is 0 Å². The molecule has 3 rings (SSSR count). The van der Waals surface area contributed by atoms with E-state index in [2.05, 4.69) is 40.5 Å². The predicted molar refractivity (Wildman–Crippen MR) is 81.7 cm³/mol. The Kier molecular flexibility index (Phi) is 4.39. The Bertz CT molecular complexity index is 370. The summed E-state index contributed by atoms with van der Waals surface area (Å²) in [5.41, 5.74) is 1.39. The van der Waals surface area contributed by atoms with Gasteiger partial charge in [-0.15, -0.1) is 0 Å². The minimum Gasteiger partial charge on any atom is -0.370 e. The SMILES string of the molecule is c1ccc(N2CCCC(NC3CCCCC3)C2)cc1. The lowest BCUT2D eigenvalue weighted by molar-refractivity contribution is 0.312. The lowest BCUT2D eigenvalue weighted by Crippen LogP contribution is -2.49. The Labute approximate surface area is 117 Å². The zero-order valence-electron chi connectivity index (χ0n) is 11.9. The molecule has 2 heteroatoms. The van der Waals surface area contributed by atoms with Crippen molar-refractivity contribution in [3.05, 3.63) is 30.3 Å². The van der Waals surface area contributed by atoms with Gasteiger partial charge in [0.15, 0.2) is 0 Å². The molecule has 2 aliphatic rings. The topological polar surface area (TPSA) is 15.3 Å². The number of benzene rings is 1. The van der Waals surface area contributed by atoms with Crippen molar-refractivity contribution in [1.29, 1.82) is 0 Å². The molecule has 2 nitrogen and oxygen atoms in total. The van der Waals surface area contributed by atoms with E-state index >= 15 is 0 Å². The van der Waals surface area contributed by atoms with Gasteiger partial charge in [-0.3, -0.25) is 0 Å². The van der Waals surface area contributed by atoms with Gasteiger partial charge in [0.05, 0.1) is 0 Å². The highest BCUT2D eigenvalue weighted by Gasteiger charge is 2.23. The van der Waals surface area contributed by atoms with Crippen LogP contribution < -0.4 is 10.2 Å². The molecule has 1 aliphatic heterocycles. The van der Waals surface area contributed by atoms with Crippen molar-refractivity contribution >= 4 is 5.69 Å². The molecule has 0 radical (unpaired) electrons. The van der Waals surface area contributed by atoms with Gasteiger partial charge in [-0.2, -0.15) is 0 Å². The molecule has 0 bridgehead atoms. The van der Waals surface area contributed by atoms with Gasteiger partial charge in [0.2, 0.25) is 0 Å². The molecule has 0 aromatic heterocycles. The van der Waals surface area contributed by atoms with Crippen molar-refractivity contribution in [3.8, 4) is 0 Å². The summed E-state index contributed by atoms with van der Waals surface area (Å²) in [5.74, 6) is 0. The van der Waals surface area contributed by atoms with Gasteiger partial charge in [-0.25, -0.2) is 0 Å². The second-order valence-corrected chi connectivity index (χ2v) is 6.12. The number of nitrogens with one attached hydrogen (secondary N) is 1. The Balaban J connectivity index is 1.55. The van der Waals surface area contributed by atoms with Gasteiger partial charge in [-0.05, 0) is 37.8 Å². The van der Waals surface area contributed by atoms with Crippen LogP contribution in [0.4, 0.5) is 5.69 Å². The monoisotopic (exact) mass is 258 g/mol. The van der Waals surface area contributed by atoms with Gasteiger partial charge >= 0.3 is 0 Å². The molecule has 104 valence electrons. The second-order valence-electron chi connectivity index (χ2n) is 6.12. The maximum atomic E-state index is 3.92. The largest absolute Gasteiger partial charge is 0.370 e. The molecule has 2 fully saturated rings. The molecule has 0 amide bonds. The zero-order valence-corrected chi connectivity index (χ0v) is 11.9. The van der Waals surface area contributed by atoms with Crippen LogP contribution in [0.2, 0.25) is 0 Å². The summed E-state index contributed by atoms with van der Waals surface area (Å²) >= 11 is 0. The second kappa shape index (κ2) is 6.42. The highest BCUT2D eigenvalue weighted by molar-refractivity contribution is 5.46. The average molecular weight is 258 g/mol. The first-order valence-corrected chi connectivity index (χ1v) is 7.98. The van der Waals surface area contributed by atoms with Gasteiger partial charge in [0.25, 0.3) is 0 Å². The first-order chi connectivity index (χ1) is 9.42. The van der Waals surface area contributed by atoms with Gasteiger partial charge in [0.1, 0.15) is 0 Å². The Hall–Kier alpha value is -1.02. The fourth-order valence-corrected chi connectivity index (χ4v) is 3.59. The highest BCUT2D eigenvalue weighted by atomic mass is 15.2. The van der Waals surface area contributed by atoms with E-state index in [1.807, 2.05) is 0 Å². The number of anilines is 1. The third-order valence-electron chi connectivity index (χ3n) is 4.62. The lowest BCUT2D eigenvalue weighted by atomic mass is 9.93. The number of rotatable bonds is 3. The van der Waals surface area contributed by atoms with E-state index in [0.29, 0.717) is 6.04 Å². The summed E-state index contributed by atoms with van der Waals surface area (Å²) in [6.45, 7) is 2.40. The Morgan fingerprint density at radius 1 is 0.842 bits per heavy atom. The third-order valence-corrected chi connectivity index (χ3v) is 4.62. The quantitative estimate of drug-likeness (QED) is 0.891. The van der Waals surface area contributed by atoms with E-state index < -0.39 is 0 Å². The molecule has 1 aromatic rings. The molecule has 1 heterocycles. The van der Waals surface area contributed by atoms with Crippen LogP contribution in [-0.2, 0) is 0 Å². The van der Waals surface area contributed by atoms with Crippen LogP contribution in [0, 0.1) is 0 Å². The lowest BCUT2D eigenvalue weighted by Gasteiger charge is -2.37. The Morgan fingerprint density at radius 2 is 1.58 bits per heavy atom. The first-order valence-electron chi connectivity index (χ1n) is 7.98. The van der Waals surface area contributed by atoms with Crippen LogP contribution in [-0.4, -0.2) is 25.2 Å². The maximum absolute atomic E-state index is 3.92. The molecule has 1 saturated carbocycles. The van der Waals surface area contributed by atoms with Gasteiger partial charge in [-0.1, -0.05) is 37.5 Å². The van der Waals surface area contributed by atoms with E-state index in [9.17, 15) is 0 Å². The van der Waals surface area contributed by atoms with Crippen molar-refractivity contribution in [3.63, 3.8) is 0 Å². The summed E-state index contributed by atoms with van der Waals surface area (Å²) in [7, 11) is 0. The Morgan fingerprint density at radius 3 is 2.37 bits per heavy atom. The van der Waals surface area contributed by atoms with E-state index in [1.165, 1.54) is 63.7 Å². The average Bonchev–Trinajstić information content (AvgIpc) is 2.49. The van der Waals surface area contributed by atoms with Crippen LogP contribution in [0.25, 0.3) is 0 Å². The number of piperidine rings is 1. The highest BCUT2D eigenvalue weighted by Crippen LogP contribution is 2.22. The van der Waals surface area contributed by atoms with Crippen molar-refractivity contribution in [2.75, 3.05) is 18.0 Å². The summed E-state index contributed by atoms with van der Waals surface area (Å²) in [6.07, 6.45) is 9.74. The van der Waals surface area contributed by atoms with Crippen LogP contribution in [0.1, 0.15) is 44.9 Å². The zero-order chi connectivity index (χ0) is 12.9. The van der Waals surface area contributed by atoms with Crippen LogP contribution >= 0.6 is 0 Å². The predicted octanol–water partition coefficient (Wildman–Crippen LogP) is 3.58. The van der Waals surface area contributed by atoms with Crippen LogP contribution in [0.15, 0.2) is 30.3 Å². The van der Waals surface area contributed by atoms with E-state index in [1.54, 1.807) is 0 Å². The van der Waals surface area contributed by atoms with E-state index in [4.69, 9.17) is 0 Å². The van der Waals surface area contributed by atoms with Crippen molar-refractivity contribution in [2.45, 2.75) is 57.0 Å². The minimum absolute atomic E-state index is 0.692. The molecule has 1 atom stereocenters. The van der Waals surface area contributed by atoms with Gasteiger partial charge in [0, 0.05) is 30.9 Å². The van der Waals surface area contributed by atoms with Crippen molar-refractivity contribution < 1.29 is 0 Å². The molecule has 1 aliphatic carbocycles. The van der Waals surface area contributed by atoms with Crippen LogP contribution in [0.5, 0.6) is 0 Å². The van der Waals surface area contributed by atoms with Crippen LogP contribution in [0.3, 0.4) is 0 Å². The molecular formula is C17H26N2. The first kappa shape index (κ1) is 13.0. The number of hydrogen-bond donors (Lipinski definition) is 1. The van der Waals surface area contributed by atoms with Crippen molar-refractivity contribution in [2.24, 2.45) is 0 Å². The third kappa shape index (κ3) is 3.50. The molecule has 1 aromatic carbocycles. The number of nitrogens with zero attached hydrogens (tertiary/aromatic N) is 1.